The van der Waals surface area contributed by atoms with Crippen molar-refractivity contribution >= 4 is 43.4 Å². The van der Waals surface area contributed by atoms with Crippen LogP contribution in [0, 0.1) is 0 Å². The molecule has 0 spiro atoms. The van der Waals surface area contributed by atoms with E-state index in [1.807, 2.05) is 37.0 Å². The van der Waals surface area contributed by atoms with Crippen molar-refractivity contribution in [3.05, 3.63) is 33.1 Å². The fourth-order valence-corrected chi connectivity index (χ4v) is 4.33. The van der Waals surface area contributed by atoms with Crippen LogP contribution in [-0.4, -0.2) is 29.7 Å². The van der Waals surface area contributed by atoms with Gasteiger partial charge in [-0.2, -0.15) is 0 Å². The molecule has 0 fully saturated rings. The lowest BCUT2D eigenvalue weighted by Crippen LogP contribution is -2.38. The van der Waals surface area contributed by atoms with Crippen molar-refractivity contribution < 1.29 is 9.53 Å². The second kappa shape index (κ2) is 5.85. The van der Waals surface area contributed by atoms with Gasteiger partial charge < -0.3 is 9.64 Å². The quantitative estimate of drug-likeness (QED) is 0.642. The molecule has 0 saturated carbocycles. The van der Waals surface area contributed by atoms with E-state index < -0.39 is 5.60 Å². The van der Waals surface area contributed by atoms with Gasteiger partial charge in [0.25, 0.3) is 0 Å². The highest BCUT2D eigenvalue weighted by Gasteiger charge is 2.25. The number of hydrogen-bond acceptors (Lipinski definition) is 3. The van der Waals surface area contributed by atoms with Crippen molar-refractivity contribution in [3.8, 4) is 0 Å². The summed E-state index contributed by atoms with van der Waals surface area (Å²) in [7, 11) is 0. The summed E-state index contributed by atoms with van der Waals surface area (Å²) in [6, 6.07) is 6.45. The van der Waals surface area contributed by atoms with Gasteiger partial charge in [-0.3, -0.25) is 0 Å². The Bertz CT molecular complexity index is 717. The zero-order valence-electron chi connectivity index (χ0n) is 13.1. The number of nitrogens with zero attached hydrogens (tertiary/aromatic N) is 1. The SMILES string of the molecule is CC(C)(C)OC(=O)N1CCc2sc3ccc(Br)cc3c2CC1. The van der Waals surface area contributed by atoms with Crippen molar-refractivity contribution in [2.45, 2.75) is 39.2 Å². The summed E-state index contributed by atoms with van der Waals surface area (Å²) in [6.45, 7) is 7.18. The summed E-state index contributed by atoms with van der Waals surface area (Å²) < 4.78 is 7.94. The summed E-state index contributed by atoms with van der Waals surface area (Å²) in [4.78, 5) is 15.5. The van der Waals surface area contributed by atoms with E-state index in [2.05, 4.69) is 34.1 Å². The largest absolute Gasteiger partial charge is 0.444 e. The molecule has 3 rings (SSSR count). The Morgan fingerprint density at radius 1 is 1.27 bits per heavy atom. The van der Waals surface area contributed by atoms with Crippen LogP contribution in [0.5, 0.6) is 0 Å². The van der Waals surface area contributed by atoms with Gasteiger partial charge in [0.15, 0.2) is 0 Å². The van der Waals surface area contributed by atoms with Crippen LogP contribution in [0.2, 0.25) is 0 Å². The molecule has 118 valence electrons. The second-order valence-corrected chi connectivity index (χ2v) is 8.66. The lowest BCUT2D eigenvalue weighted by atomic mass is 10.1. The number of amides is 1. The summed E-state index contributed by atoms with van der Waals surface area (Å²) in [6.07, 6.45) is 1.60. The number of carbonyl (C=O) groups excluding carboxylic acids is 1. The third kappa shape index (κ3) is 3.30. The molecule has 1 aliphatic rings. The normalized spacial score (nSPS) is 15.5. The molecule has 22 heavy (non-hydrogen) atoms. The molecule has 0 radical (unpaired) electrons. The molecular weight excluding hydrogens is 362 g/mol. The average molecular weight is 382 g/mol. The molecule has 0 aliphatic carbocycles. The van der Waals surface area contributed by atoms with Crippen LogP contribution in [0.4, 0.5) is 4.79 Å². The average Bonchev–Trinajstić information content (AvgIpc) is 2.61. The predicted octanol–water partition coefficient (Wildman–Crippen LogP) is 5.00. The van der Waals surface area contributed by atoms with Gasteiger partial charge in [-0.25, -0.2) is 4.79 Å². The minimum Gasteiger partial charge on any atom is -0.444 e. The molecule has 1 aromatic carbocycles. The molecular formula is C17H20BrNO2S. The van der Waals surface area contributed by atoms with Crippen LogP contribution in [0.15, 0.2) is 22.7 Å². The Kier molecular flexibility index (Phi) is 4.21. The van der Waals surface area contributed by atoms with Crippen molar-refractivity contribution in [1.29, 1.82) is 0 Å². The van der Waals surface area contributed by atoms with Gasteiger partial charge in [0, 0.05) is 27.1 Å². The molecule has 5 heteroatoms. The smallest absolute Gasteiger partial charge is 0.410 e. The van der Waals surface area contributed by atoms with Gasteiger partial charge in [-0.15, -0.1) is 11.3 Å². The van der Waals surface area contributed by atoms with E-state index in [1.54, 1.807) is 0 Å². The lowest BCUT2D eigenvalue weighted by molar-refractivity contribution is 0.0259. The Hall–Kier alpha value is -1.07. The summed E-state index contributed by atoms with van der Waals surface area (Å²) in [5.41, 5.74) is 0.957. The maximum atomic E-state index is 12.3. The van der Waals surface area contributed by atoms with Gasteiger partial charge in [-0.05, 0) is 62.8 Å². The number of hydrogen-bond donors (Lipinski definition) is 0. The van der Waals surface area contributed by atoms with E-state index in [-0.39, 0.29) is 6.09 Å². The molecule has 1 aromatic heterocycles. The van der Waals surface area contributed by atoms with Crippen molar-refractivity contribution in [1.82, 2.24) is 4.90 Å². The molecule has 1 amide bonds. The first-order valence-electron chi connectivity index (χ1n) is 7.51. The highest BCUT2D eigenvalue weighted by Crippen LogP contribution is 2.35. The maximum Gasteiger partial charge on any atom is 0.410 e. The van der Waals surface area contributed by atoms with Crippen LogP contribution >= 0.6 is 27.3 Å². The van der Waals surface area contributed by atoms with Crippen LogP contribution in [-0.2, 0) is 17.6 Å². The number of benzene rings is 1. The first kappa shape index (κ1) is 15.8. The van der Waals surface area contributed by atoms with Gasteiger partial charge in [-0.1, -0.05) is 15.9 Å². The zero-order chi connectivity index (χ0) is 15.9. The fourth-order valence-electron chi connectivity index (χ4n) is 2.75. The first-order valence-corrected chi connectivity index (χ1v) is 9.12. The van der Waals surface area contributed by atoms with Crippen molar-refractivity contribution in [3.63, 3.8) is 0 Å². The number of halogens is 1. The van der Waals surface area contributed by atoms with Crippen molar-refractivity contribution in [2.24, 2.45) is 0 Å². The molecule has 0 atom stereocenters. The Balaban J connectivity index is 1.81. The van der Waals surface area contributed by atoms with Gasteiger partial charge in [0.05, 0.1) is 0 Å². The van der Waals surface area contributed by atoms with Gasteiger partial charge in [0.2, 0.25) is 0 Å². The van der Waals surface area contributed by atoms with Crippen LogP contribution < -0.4 is 0 Å². The van der Waals surface area contributed by atoms with Crippen LogP contribution in [0.3, 0.4) is 0 Å². The molecule has 0 unspecified atom stereocenters. The lowest BCUT2D eigenvalue weighted by Gasteiger charge is -2.26. The molecule has 2 heterocycles. The fraction of sp³-hybridized carbons (Fsp3) is 0.471. The van der Waals surface area contributed by atoms with E-state index in [0.29, 0.717) is 0 Å². The molecule has 3 nitrogen and oxygen atoms in total. The number of rotatable bonds is 0. The standard InChI is InChI=1S/C17H20BrNO2S/c1-17(2,3)21-16(20)19-8-6-12-13-10-11(18)4-5-14(13)22-15(12)7-9-19/h4-5,10H,6-9H2,1-3H3. The third-order valence-electron chi connectivity index (χ3n) is 3.73. The third-order valence-corrected chi connectivity index (χ3v) is 5.49. The summed E-state index contributed by atoms with van der Waals surface area (Å²) in [5, 5.41) is 1.32. The van der Waals surface area contributed by atoms with E-state index >= 15 is 0 Å². The monoisotopic (exact) mass is 381 g/mol. The molecule has 2 aromatic rings. The highest BCUT2D eigenvalue weighted by molar-refractivity contribution is 9.10. The topological polar surface area (TPSA) is 29.5 Å². The highest BCUT2D eigenvalue weighted by atomic mass is 79.9. The minimum absolute atomic E-state index is 0.201. The summed E-state index contributed by atoms with van der Waals surface area (Å²) >= 11 is 5.40. The second-order valence-electron chi connectivity index (χ2n) is 6.61. The summed E-state index contributed by atoms with van der Waals surface area (Å²) in [5.74, 6) is 0. The Labute approximate surface area is 143 Å². The number of fused-ring (bicyclic) bond motifs is 3. The van der Waals surface area contributed by atoms with Crippen LogP contribution in [0.1, 0.15) is 31.2 Å². The predicted molar refractivity (Wildman–Crippen MR) is 94.7 cm³/mol. The molecule has 1 aliphatic heterocycles. The van der Waals surface area contributed by atoms with E-state index in [4.69, 9.17) is 4.74 Å². The van der Waals surface area contributed by atoms with Gasteiger partial charge in [0.1, 0.15) is 5.60 Å². The van der Waals surface area contributed by atoms with E-state index in [9.17, 15) is 4.79 Å². The first-order chi connectivity index (χ1) is 10.3. The Morgan fingerprint density at radius 2 is 2.00 bits per heavy atom. The van der Waals surface area contributed by atoms with E-state index in [0.717, 1.165) is 30.4 Å². The molecule has 0 bridgehead atoms. The number of thiophene rings is 1. The van der Waals surface area contributed by atoms with Crippen molar-refractivity contribution in [2.75, 3.05) is 13.1 Å². The Morgan fingerprint density at radius 3 is 2.73 bits per heavy atom. The number of carbonyl (C=O) groups is 1. The van der Waals surface area contributed by atoms with Crippen LogP contribution in [0.25, 0.3) is 10.1 Å². The molecule has 0 saturated heterocycles. The van der Waals surface area contributed by atoms with Gasteiger partial charge >= 0.3 is 6.09 Å². The number of ether oxygens (including phenoxy) is 1. The zero-order valence-corrected chi connectivity index (χ0v) is 15.5. The maximum absolute atomic E-state index is 12.3. The van der Waals surface area contributed by atoms with E-state index in [1.165, 1.54) is 20.5 Å². The molecule has 0 N–H and O–H groups in total. The minimum atomic E-state index is -0.439.